The van der Waals surface area contributed by atoms with Crippen LogP contribution in [0.1, 0.15) is 44.6 Å². The molecule has 0 bridgehead atoms. The molecule has 2 aromatic carbocycles. The molecule has 0 radical (unpaired) electrons. The molecule has 0 aliphatic heterocycles. The van der Waals surface area contributed by atoms with Gasteiger partial charge in [0.1, 0.15) is 11.3 Å². The van der Waals surface area contributed by atoms with Gasteiger partial charge in [0.05, 0.1) is 29.9 Å². The monoisotopic (exact) mass is 496 g/mol. The second-order valence-corrected chi connectivity index (χ2v) is 8.60. The van der Waals surface area contributed by atoms with Crippen LogP contribution in [-0.2, 0) is 27.5 Å². The maximum atomic E-state index is 13.6. The molecule has 0 aliphatic rings. The fourth-order valence-corrected chi connectivity index (χ4v) is 4.47. The molecule has 37 heavy (non-hydrogen) atoms. The molecule has 0 spiro atoms. The smallest absolute Gasteiger partial charge is 0.338 e. The summed E-state index contributed by atoms with van der Waals surface area (Å²) in [4.78, 5) is 46.2. The number of carbonyl (C=O) groups is 3. The van der Waals surface area contributed by atoms with Gasteiger partial charge in [-0.3, -0.25) is 14.6 Å². The predicted octanol–water partition coefficient (Wildman–Crippen LogP) is 4.28. The molecule has 5 aromatic rings. The van der Waals surface area contributed by atoms with Crippen molar-refractivity contribution in [3.05, 3.63) is 95.2 Å². The number of benzene rings is 2. The number of ether oxygens (including phenoxy) is 2. The van der Waals surface area contributed by atoms with Crippen molar-refractivity contribution in [2.75, 3.05) is 7.11 Å². The number of aryl methyl sites for hydroxylation is 1. The van der Waals surface area contributed by atoms with E-state index in [-0.39, 0.29) is 18.1 Å². The number of imidazole rings is 1. The van der Waals surface area contributed by atoms with Crippen LogP contribution in [0.2, 0.25) is 0 Å². The lowest BCUT2D eigenvalue weighted by atomic mass is 9.98. The molecule has 0 unspecified atom stereocenters. The van der Waals surface area contributed by atoms with Gasteiger partial charge in [0, 0.05) is 42.4 Å². The fourth-order valence-electron chi connectivity index (χ4n) is 4.47. The van der Waals surface area contributed by atoms with E-state index in [9.17, 15) is 14.4 Å². The number of esters is 2. The van der Waals surface area contributed by atoms with Crippen LogP contribution in [-0.4, -0.2) is 43.9 Å². The van der Waals surface area contributed by atoms with Crippen molar-refractivity contribution >= 4 is 39.7 Å². The van der Waals surface area contributed by atoms with Gasteiger partial charge in [-0.25, -0.2) is 9.78 Å². The largest absolute Gasteiger partial charge is 0.465 e. The van der Waals surface area contributed by atoms with E-state index in [1.54, 1.807) is 53.5 Å². The lowest BCUT2D eigenvalue weighted by Crippen LogP contribution is -2.06. The molecule has 0 fully saturated rings. The van der Waals surface area contributed by atoms with E-state index in [1.165, 1.54) is 14.0 Å². The Morgan fingerprint density at radius 1 is 0.973 bits per heavy atom. The first-order chi connectivity index (χ1) is 17.9. The van der Waals surface area contributed by atoms with Gasteiger partial charge >= 0.3 is 11.9 Å². The second-order valence-electron chi connectivity index (χ2n) is 8.60. The van der Waals surface area contributed by atoms with Gasteiger partial charge in [0.25, 0.3) is 0 Å². The summed E-state index contributed by atoms with van der Waals surface area (Å²) in [6, 6.07) is 14.3. The minimum absolute atomic E-state index is 0.0869. The van der Waals surface area contributed by atoms with Crippen molar-refractivity contribution < 1.29 is 23.9 Å². The quantitative estimate of drug-likeness (QED) is 0.245. The number of aromatic nitrogens is 4. The van der Waals surface area contributed by atoms with Crippen LogP contribution >= 0.6 is 0 Å². The standard InChI is InChI=1S/C28H24N4O5/c1-17-30-23-13-29-12-11-24(23)32(17)14-19-7-9-20(10-8-19)27(34)22-15-31(16-37-18(2)33)25-6-4-5-21(26(22)25)28(35)36-3/h4-13,15H,14,16H2,1-3H3. The van der Waals surface area contributed by atoms with Gasteiger partial charge in [-0.05, 0) is 30.7 Å². The van der Waals surface area contributed by atoms with Crippen LogP contribution in [0.4, 0.5) is 0 Å². The zero-order valence-electron chi connectivity index (χ0n) is 20.6. The lowest BCUT2D eigenvalue weighted by molar-refractivity contribution is -0.144. The fraction of sp³-hybridized carbons (Fsp3) is 0.179. The van der Waals surface area contributed by atoms with Gasteiger partial charge < -0.3 is 18.6 Å². The molecule has 0 saturated heterocycles. The van der Waals surface area contributed by atoms with Crippen molar-refractivity contribution in [2.45, 2.75) is 27.1 Å². The number of pyridine rings is 1. The van der Waals surface area contributed by atoms with Crippen LogP contribution < -0.4 is 0 Å². The molecule has 9 nitrogen and oxygen atoms in total. The minimum atomic E-state index is -0.557. The van der Waals surface area contributed by atoms with E-state index in [1.807, 2.05) is 25.1 Å². The van der Waals surface area contributed by atoms with Gasteiger partial charge in [-0.2, -0.15) is 0 Å². The minimum Gasteiger partial charge on any atom is -0.465 e. The second kappa shape index (κ2) is 9.69. The van der Waals surface area contributed by atoms with Crippen molar-refractivity contribution in [1.29, 1.82) is 0 Å². The SMILES string of the molecule is COC(=O)c1cccc2c1c(C(=O)c1ccc(Cn3c(C)nc4cnccc43)cc1)cn2COC(C)=O. The van der Waals surface area contributed by atoms with E-state index >= 15 is 0 Å². The Hall–Kier alpha value is -4.79. The molecule has 5 rings (SSSR count). The average Bonchev–Trinajstić information content (AvgIpc) is 3.44. The van der Waals surface area contributed by atoms with Gasteiger partial charge in [0.2, 0.25) is 0 Å². The molecule has 3 aromatic heterocycles. The molecule has 3 heterocycles. The molecular formula is C28H24N4O5. The number of ketones is 1. The number of nitrogens with zero attached hydrogens (tertiary/aromatic N) is 4. The Bertz CT molecular complexity index is 1660. The van der Waals surface area contributed by atoms with E-state index in [2.05, 4.69) is 14.5 Å². The summed E-state index contributed by atoms with van der Waals surface area (Å²) < 4.78 is 13.8. The lowest BCUT2D eigenvalue weighted by Gasteiger charge is -2.08. The molecule has 0 saturated carbocycles. The highest BCUT2D eigenvalue weighted by Gasteiger charge is 2.23. The van der Waals surface area contributed by atoms with Crippen molar-refractivity contribution in [2.24, 2.45) is 0 Å². The van der Waals surface area contributed by atoms with Gasteiger partial charge in [-0.1, -0.05) is 30.3 Å². The Balaban J connectivity index is 1.50. The Morgan fingerprint density at radius 2 is 1.76 bits per heavy atom. The Kier molecular flexibility index (Phi) is 6.27. The normalized spacial score (nSPS) is 11.1. The van der Waals surface area contributed by atoms with Crippen LogP contribution in [0, 0.1) is 6.92 Å². The molecule has 0 N–H and O–H groups in total. The Morgan fingerprint density at radius 3 is 2.49 bits per heavy atom. The number of methoxy groups -OCH3 is 1. The molecule has 0 amide bonds. The van der Waals surface area contributed by atoms with Gasteiger partial charge in [-0.15, -0.1) is 0 Å². The molecule has 0 aliphatic carbocycles. The molecule has 186 valence electrons. The zero-order chi connectivity index (χ0) is 26.1. The highest BCUT2D eigenvalue weighted by molar-refractivity contribution is 6.20. The van der Waals surface area contributed by atoms with Crippen LogP contribution in [0.25, 0.3) is 21.9 Å². The third kappa shape index (κ3) is 4.47. The summed E-state index contributed by atoms with van der Waals surface area (Å²) in [6.45, 7) is 3.76. The summed E-state index contributed by atoms with van der Waals surface area (Å²) in [5, 5.41) is 0.449. The maximum absolute atomic E-state index is 13.6. The number of carbonyl (C=O) groups excluding carboxylic acids is 3. The van der Waals surface area contributed by atoms with Crippen molar-refractivity contribution in [3.8, 4) is 0 Å². The number of hydrogen-bond acceptors (Lipinski definition) is 7. The van der Waals surface area contributed by atoms with Crippen molar-refractivity contribution in [3.63, 3.8) is 0 Å². The summed E-state index contributed by atoms with van der Waals surface area (Å²) in [6.07, 6.45) is 5.08. The van der Waals surface area contributed by atoms with E-state index < -0.39 is 11.9 Å². The highest BCUT2D eigenvalue weighted by Crippen LogP contribution is 2.28. The summed E-state index contributed by atoms with van der Waals surface area (Å²) in [5.74, 6) is -0.395. The summed E-state index contributed by atoms with van der Waals surface area (Å²) in [7, 11) is 1.29. The highest BCUT2D eigenvalue weighted by atomic mass is 16.5. The van der Waals surface area contributed by atoms with E-state index in [0.717, 1.165) is 22.4 Å². The summed E-state index contributed by atoms with van der Waals surface area (Å²) in [5.41, 5.74) is 4.45. The zero-order valence-corrected chi connectivity index (χ0v) is 20.6. The molecular weight excluding hydrogens is 472 g/mol. The van der Waals surface area contributed by atoms with Crippen LogP contribution in [0.15, 0.2) is 67.1 Å². The predicted molar refractivity (Wildman–Crippen MR) is 136 cm³/mol. The topological polar surface area (TPSA) is 105 Å². The van der Waals surface area contributed by atoms with E-state index in [4.69, 9.17) is 9.47 Å². The van der Waals surface area contributed by atoms with Crippen LogP contribution in [0.3, 0.4) is 0 Å². The van der Waals surface area contributed by atoms with Crippen molar-refractivity contribution in [1.82, 2.24) is 19.1 Å². The molecule has 9 heteroatoms. The first kappa shape index (κ1) is 23.9. The third-order valence-electron chi connectivity index (χ3n) is 6.26. The van der Waals surface area contributed by atoms with E-state index in [0.29, 0.717) is 28.6 Å². The first-order valence-electron chi connectivity index (χ1n) is 11.6. The summed E-state index contributed by atoms with van der Waals surface area (Å²) >= 11 is 0. The number of hydrogen-bond donors (Lipinski definition) is 0. The first-order valence-corrected chi connectivity index (χ1v) is 11.6. The van der Waals surface area contributed by atoms with Crippen LogP contribution in [0.5, 0.6) is 0 Å². The maximum Gasteiger partial charge on any atom is 0.338 e. The molecule has 0 atom stereocenters. The van der Waals surface area contributed by atoms with Gasteiger partial charge in [0.15, 0.2) is 12.5 Å². The number of rotatable bonds is 7. The third-order valence-corrected chi connectivity index (χ3v) is 6.26. The number of fused-ring (bicyclic) bond motifs is 2. The Labute approximate surface area is 212 Å². The average molecular weight is 497 g/mol.